The summed E-state index contributed by atoms with van der Waals surface area (Å²) in [6.45, 7) is 0.326. The normalized spacial score (nSPS) is 11.3. The monoisotopic (exact) mass is 349 g/mol. The van der Waals surface area contributed by atoms with Crippen LogP contribution in [0.3, 0.4) is 0 Å². The number of sulfonamides is 1. The molecule has 5 nitrogen and oxygen atoms in total. The molecule has 0 bridgehead atoms. The summed E-state index contributed by atoms with van der Waals surface area (Å²) in [5.74, 6) is 0. The summed E-state index contributed by atoms with van der Waals surface area (Å²) < 4.78 is 26.5. The van der Waals surface area contributed by atoms with Gasteiger partial charge in [-0.25, -0.2) is 8.42 Å². The summed E-state index contributed by atoms with van der Waals surface area (Å²) in [4.78, 5) is 0.247. The van der Waals surface area contributed by atoms with Gasteiger partial charge in [-0.15, -0.1) is 0 Å². The molecule has 0 saturated carbocycles. The molecule has 0 aliphatic rings. The van der Waals surface area contributed by atoms with Crippen LogP contribution < -0.4 is 10.6 Å². The van der Waals surface area contributed by atoms with E-state index < -0.39 is 10.0 Å². The Kier molecular flexibility index (Phi) is 5.70. The summed E-state index contributed by atoms with van der Waals surface area (Å²) in [6, 6.07) is 16.0. The van der Waals surface area contributed by atoms with Crippen LogP contribution in [-0.2, 0) is 16.6 Å². The summed E-state index contributed by atoms with van der Waals surface area (Å²) in [7, 11) is -0.242. The Hall–Kier alpha value is -1.96. The van der Waals surface area contributed by atoms with Crippen LogP contribution >= 0.6 is 12.2 Å². The third kappa shape index (κ3) is 4.51. The van der Waals surface area contributed by atoms with E-state index in [9.17, 15) is 8.42 Å². The first kappa shape index (κ1) is 17.4. The van der Waals surface area contributed by atoms with E-state index in [1.807, 2.05) is 30.3 Å². The van der Waals surface area contributed by atoms with Gasteiger partial charge in [-0.1, -0.05) is 30.3 Å². The molecule has 0 radical (unpaired) electrons. The van der Waals surface area contributed by atoms with Crippen LogP contribution in [0.2, 0.25) is 0 Å². The maximum Gasteiger partial charge on any atom is 0.243 e. The van der Waals surface area contributed by atoms with Crippen molar-refractivity contribution in [2.45, 2.75) is 11.4 Å². The van der Waals surface area contributed by atoms with Crippen LogP contribution in [-0.4, -0.2) is 31.9 Å². The third-order valence-electron chi connectivity index (χ3n) is 3.30. The van der Waals surface area contributed by atoms with Crippen molar-refractivity contribution in [2.24, 2.45) is 0 Å². The lowest BCUT2D eigenvalue weighted by atomic mass is 10.2. The first-order valence-corrected chi connectivity index (χ1v) is 8.87. The maximum absolute atomic E-state index is 12.6. The van der Waals surface area contributed by atoms with Gasteiger partial charge in [-0.05, 0) is 42.0 Å². The van der Waals surface area contributed by atoms with E-state index in [4.69, 9.17) is 12.2 Å². The molecule has 0 aromatic heterocycles. The smallest absolute Gasteiger partial charge is 0.243 e. The average molecular weight is 349 g/mol. The van der Waals surface area contributed by atoms with E-state index in [-0.39, 0.29) is 4.90 Å². The number of hydrogen-bond donors (Lipinski definition) is 2. The number of thiocarbonyl (C=S) groups is 1. The zero-order chi connectivity index (χ0) is 16.9. The van der Waals surface area contributed by atoms with Crippen LogP contribution in [0.25, 0.3) is 0 Å². The summed E-state index contributed by atoms with van der Waals surface area (Å²) in [5, 5.41) is 6.22. The predicted octanol–water partition coefficient (Wildman–Crippen LogP) is 2.42. The van der Waals surface area contributed by atoms with Gasteiger partial charge in [0.15, 0.2) is 5.11 Å². The van der Waals surface area contributed by atoms with E-state index in [2.05, 4.69) is 10.6 Å². The Balaban J connectivity index is 2.14. The molecule has 122 valence electrons. The van der Waals surface area contributed by atoms with Crippen molar-refractivity contribution >= 4 is 33.0 Å². The summed E-state index contributed by atoms with van der Waals surface area (Å²) in [6.07, 6.45) is 0. The Morgan fingerprint density at radius 1 is 1.09 bits per heavy atom. The molecule has 0 amide bonds. The molecule has 0 aliphatic heterocycles. The first-order valence-electron chi connectivity index (χ1n) is 7.02. The molecule has 0 heterocycles. The van der Waals surface area contributed by atoms with Crippen molar-refractivity contribution in [3.8, 4) is 0 Å². The zero-order valence-electron chi connectivity index (χ0n) is 13.0. The van der Waals surface area contributed by atoms with Crippen molar-refractivity contribution in [1.82, 2.24) is 9.62 Å². The van der Waals surface area contributed by atoms with Crippen molar-refractivity contribution in [3.63, 3.8) is 0 Å². The molecule has 23 heavy (non-hydrogen) atoms. The van der Waals surface area contributed by atoms with Gasteiger partial charge < -0.3 is 10.6 Å². The Labute approximate surface area is 142 Å². The Bertz CT molecular complexity index is 760. The van der Waals surface area contributed by atoms with Crippen molar-refractivity contribution < 1.29 is 8.42 Å². The van der Waals surface area contributed by atoms with Crippen LogP contribution in [0.4, 0.5) is 5.69 Å². The van der Waals surface area contributed by atoms with E-state index in [0.29, 0.717) is 11.7 Å². The lowest BCUT2D eigenvalue weighted by Crippen LogP contribution is -2.26. The van der Waals surface area contributed by atoms with E-state index in [0.717, 1.165) is 11.3 Å². The van der Waals surface area contributed by atoms with Gasteiger partial charge in [0.05, 0.1) is 4.90 Å². The quantitative estimate of drug-likeness (QED) is 0.812. The number of hydrogen-bond acceptors (Lipinski definition) is 3. The molecule has 0 aliphatic carbocycles. The van der Waals surface area contributed by atoms with Crippen LogP contribution in [0.1, 0.15) is 5.56 Å². The molecule has 2 aromatic carbocycles. The minimum atomic E-state index is -3.53. The number of nitrogens with zero attached hydrogens (tertiary/aromatic N) is 1. The van der Waals surface area contributed by atoms with Gasteiger partial charge in [-0.2, -0.15) is 4.31 Å². The first-order chi connectivity index (χ1) is 10.9. The number of nitrogens with one attached hydrogen (secondary N) is 2. The molecule has 0 fully saturated rings. The second-order valence-corrected chi connectivity index (χ2v) is 7.43. The largest absolute Gasteiger partial charge is 0.366 e. The third-order valence-corrected chi connectivity index (χ3v) is 5.42. The highest BCUT2D eigenvalue weighted by atomic mass is 32.2. The Morgan fingerprint density at radius 3 is 2.26 bits per heavy atom. The van der Waals surface area contributed by atoms with Crippen LogP contribution in [0, 0.1) is 0 Å². The molecule has 0 unspecified atom stereocenters. The molecule has 2 rings (SSSR count). The molecular weight excluding hydrogens is 330 g/mol. The van der Waals surface area contributed by atoms with Crippen molar-refractivity contribution in [3.05, 3.63) is 60.2 Å². The van der Waals surface area contributed by atoms with E-state index in [1.165, 1.54) is 4.31 Å². The van der Waals surface area contributed by atoms with Crippen molar-refractivity contribution in [1.29, 1.82) is 0 Å². The molecule has 0 saturated heterocycles. The molecule has 7 heteroatoms. The fraction of sp³-hybridized carbons (Fsp3) is 0.188. The van der Waals surface area contributed by atoms with E-state index in [1.54, 1.807) is 38.4 Å². The van der Waals surface area contributed by atoms with Crippen LogP contribution in [0.15, 0.2) is 59.5 Å². The fourth-order valence-electron chi connectivity index (χ4n) is 2.01. The maximum atomic E-state index is 12.6. The summed E-state index contributed by atoms with van der Waals surface area (Å²) >= 11 is 5.01. The van der Waals surface area contributed by atoms with Gasteiger partial charge >= 0.3 is 0 Å². The zero-order valence-corrected chi connectivity index (χ0v) is 14.6. The average Bonchev–Trinajstić information content (AvgIpc) is 2.56. The summed E-state index contributed by atoms with van der Waals surface area (Å²) in [5.41, 5.74) is 1.67. The van der Waals surface area contributed by atoms with Crippen LogP contribution in [0.5, 0.6) is 0 Å². The predicted molar refractivity (Wildman–Crippen MR) is 96.8 cm³/mol. The number of rotatable bonds is 5. The lowest BCUT2D eigenvalue weighted by Gasteiger charge is -2.17. The topological polar surface area (TPSA) is 61.4 Å². The van der Waals surface area contributed by atoms with Gasteiger partial charge in [0.2, 0.25) is 10.0 Å². The van der Waals surface area contributed by atoms with Gasteiger partial charge in [0, 0.05) is 26.3 Å². The highest BCUT2D eigenvalue weighted by molar-refractivity contribution is 7.89. The highest BCUT2D eigenvalue weighted by Crippen LogP contribution is 2.19. The van der Waals surface area contributed by atoms with Crippen molar-refractivity contribution in [2.75, 3.05) is 19.4 Å². The minimum Gasteiger partial charge on any atom is -0.366 e. The molecule has 0 atom stereocenters. The highest BCUT2D eigenvalue weighted by Gasteiger charge is 2.20. The standard InChI is InChI=1S/C16H19N3O2S2/c1-17-16(22)18-14-8-10-15(11-9-14)23(20,21)19(2)12-13-6-4-3-5-7-13/h3-11H,12H2,1-2H3,(H2,17,18,22). The molecule has 0 spiro atoms. The van der Waals surface area contributed by atoms with Gasteiger partial charge in [-0.3, -0.25) is 0 Å². The molecule has 2 aromatic rings. The molecular formula is C16H19N3O2S2. The fourth-order valence-corrected chi connectivity index (χ4v) is 3.29. The SMILES string of the molecule is CNC(=S)Nc1ccc(S(=O)(=O)N(C)Cc2ccccc2)cc1. The number of anilines is 1. The van der Waals surface area contributed by atoms with Gasteiger partial charge in [0.1, 0.15) is 0 Å². The minimum absolute atomic E-state index is 0.247. The number of benzene rings is 2. The van der Waals surface area contributed by atoms with E-state index >= 15 is 0 Å². The van der Waals surface area contributed by atoms with Gasteiger partial charge in [0.25, 0.3) is 0 Å². The second-order valence-electron chi connectivity index (χ2n) is 4.98. The second kappa shape index (κ2) is 7.54. The lowest BCUT2D eigenvalue weighted by molar-refractivity contribution is 0.467. The molecule has 2 N–H and O–H groups in total. The Morgan fingerprint density at radius 2 is 1.70 bits per heavy atom.